The third-order valence-corrected chi connectivity index (χ3v) is 5.31. The molecule has 1 fully saturated rings. The number of ether oxygens (including phenoxy) is 1. The number of carbonyl (C=O) groups is 1. The molecule has 1 aliphatic rings. The van der Waals surface area contributed by atoms with Crippen LogP contribution in [0.4, 0.5) is 30.4 Å². The van der Waals surface area contributed by atoms with Crippen molar-refractivity contribution in [3.63, 3.8) is 0 Å². The molecule has 7 nitrogen and oxygen atoms in total. The number of aromatic nitrogens is 2. The van der Waals surface area contributed by atoms with Gasteiger partial charge in [0.05, 0.1) is 17.7 Å². The minimum atomic E-state index is -4.40. The van der Waals surface area contributed by atoms with Crippen LogP contribution in [0.1, 0.15) is 51.3 Å². The van der Waals surface area contributed by atoms with Crippen molar-refractivity contribution in [1.29, 1.82) is 0 Å². The summed E-state index contributed by atoms with van der Waals surface area (Å²) in [6, 6.07) is 4.81. The van der Waals surface area contributed by atoms with Gasteiger partial charge in [-0.15, -0.1) is 0 Å². The van der Waals surface area contributed by atoms with Crippen molar-refractivity contribution in [2.45, 2.75) is 53.1 Å². The molecule has 1 saturated heterocycles. The molecule has 1 amide bonds. The predicted molar refractivity (Wildman–Crippen MR) is 127 cm³/mol. The van der Waals surface area contributed by atoms with Gasteiger partial charge in [0.15, 0.2) is 5.82 Å². The lowest BCUT2D eigenvalue weighted by atomic mass is 10.0. The molecule has 3 rings (SSSR count). The number of hydrogen-bond donors (Lipinski definition) is 1. The Morgan fingerprint density at radius 1 is 1.21 bits per heavy atom. The first-order valence-corrected chi connectivity index (χ1v) is 11.2. The number of nitrogens with zero attached hydrogens (tertiary/aromatic N) is 4. The number of benzene rings is 1. The van der Waals surface area contributed by atoms with Crippen LogP contribution in [0.3, 0.4) is 0 Å². The van der Waals surface area contributed by atoms with Crippen LogP contribution >= 0.6 is 0 Å². The number of carbonyl (C=O) groups excluding carboxylic acids is 1. The zero-order valence-corrected chi connectivity index (χ0v) is 20.0. The fourth-order valence-electron chi connectivity index (χ4n) is 3.37. The summed E-state index contributed by atoms with van der Waals surface area (Å²) in [7, 11) is 0. The molecule has 0 spiro atoms. The summed E-state index contributed by atoms with van der Waals surface area (Å²) in [6.07, 6.45) is -0.525. The maximum absolute atomic E-state index is 12.8. The summed E-state index contributed by atoms with van der Waals surface area (Å²) in [6.45, 7) is 9.94. The summed E-state index contributed by atoms with van der Waals surface area (Å²) in [5.74, 6) is 0.838. The number of rotatable bonds is 6. The normalized spacial score (nSPS) is 14.9. The van der Waals surface area contributed by atoms with Crippen molar-refractivity contribution in [3.8, 4) is 0 Å². The Morgan fingerprint density at radius 3 is 2.29 bits per heavy atom. The maximum Gasteiger partial charge on any atom is 0.416 e. The Kier molecular flexibility index (Phi) is 9.97. The molecule has 2 N–H and O–H groups in total. The largest absolute Gasteiger partial charge is 0.416 e. The van der Waals surface area contributed by atoms with Crippen LogP contribution in [0, 0.1) is 12.8 Å². The molecule has 0 bridgehead atoms. The van der Waals surface area contributed by atoms with Crippen molar-refractivity contribution >= 4 is 28.8 Å². The van der Waals surface area contributed by atoms with Crippen molar-refractivity contribution in [2.24, 2.45) is 16.6 Å². The molecule has 1 aromatic carbocycles. The quantitative estimate of drug-likeness (QED) is 0.563. The molecule has 0 aliphatic carbocycles. The number of aliphatic imine (C=N–C) groups is 1. The minimum absolute atomic E-state index is 0.0137. The van der Waals surface area contributed by atoms with E-state index in [2.05, 4.69) is 21.9 Å². The standard InChI is InChI=1S/C18H20F3N5O.C6H12O/c1-4-26(14-7-5-13(6-8-14)18(19,20)21)17-16(12(3)23-10-24-17)25-11(2)9-15(22)27;1-6-2-4-7-5-3-6/h5-8,10H,4,9H2,1-3H3,(H2,22,27);6H,2-5H2,1H3. The van der Waals surface area contributed by atoms with Crippen LogP contribution in [0.25, 0.3) is 0 Å². The van der Waals surface area contributed by atoms with E-state index in [1.807, 2.05) is 6.92 Å². The van der Waals surface area contributed by atoms with E-state index in [1.165, 1.54) is 31.3 Å². The predicted octanol–water partition coefficient (Wildman–Crippen LogP) is 5.36. The molecule has 2 aromatic rings. The lowest BCUT2D eigenvalue weighted by molar-refractivity contribution is -0.137. The van der Waals surface area contributed by atoms with Gasteiger partial charge in [0.1, 0.15) is 12.0 Å². The summed E-state index contributed by atoms with van der Waals surface area (Å²) >= 11 is 0. The van der Waals surface area contributed by atoms with Crippen LogP contribution in [-0.4, -0.2) is 41.3 Å². The number of amides is 1. The second kappa shape index (κ2) is 12.5. The van der Waals surface area contributed by atoms with E-state index in [1.54, 1.807) is 18.7 Å². The van der Waals surface area contributed by atoms with E-state index in [-0.39, 0.29) is 6.42 Å². The lowest BCUT2D eigenvalue weighted by Gasteiger charge is -2.24. The Bertz CT molecular complexity index is 972. The van der Waals surface area contributed by atoms with Gasteiger partial charge in [-0.25, -0.2) is 9.97 Å². The third kappa shape index (κ3) is 8.09. The summed E-state index contributed by atoms with van der Waals surface area (Å²) < 4.78 is 43.5. The number of halogens is 3. The highest BCUT2D eigenvalue weighted by Gasteiger charge is 2.30. The van der Waals surface area contributed by atoms with Crippen molar-refractivity contribution in [3.05, 3.63) is 41.9 Å². The molecule has 0 radical (unpaired) electrons. The first-order valence-electron chi connectivity index (χ1n) is 11.2. The number of primary amides is 1. The van der Waals surface area contributed by atoms with Crippen LogP contribution in [0.15, 0.2) is 35.6 Å². The zero-order valence-electron chi connectivity index (χ0n) is 20.0. The van der Waals surface area contributed by atoms with Gasteiger partial charge in [-0.2, -0.15) is 13.2 Å². The number of alkyl halides is 3. The topological polar surface area (TPSA) is 93.7 Å². The molecule has 186 valence electrons. The Morgan fingerprint density at radius 2 is 1.82 bits per heavy atom. The van der Waals surface area contributed by atoms with Crippen LogP contribution < -0.4 is 10.6 Å². The molecule has 2 heterocycles. The second-order valence-electron chi connectivity index (χ2n) is 8.21. The number of aryl methyl sites for hydroxylation is 1. The van der Waals surface area contributed by atoms with E-state index >= 15 is 0 Å². The average Bonchev–Trinajstić information content (AvgIpc) is 2.77. The van der Waals surface area contributed by atoms with Gasteiger partial charge in [0.2, 0.25) is 5.91 Å². The van der Waals surface area contributed by atoms with Crippen LogP contribution in [0.2, 0.25) is 0 Å². The zero-order chi connectivity index (χ0) is 25.3. The lowest BCUT2D eigenvalue weighted by Crippen LogP contribution is -2.19. The van der Waals surface area contributed by atoms with Crippen molar-refractivity contribution in [2.75, 3.05) is 24.7 Å². The first kappa shape index (κ1) is 27.2. The van der Waals surface area contributed by atoms with Crippen molar-refractivity contribution in [1.82, 2.24) is 9.97 Å². The molecule has 1 aliphatic heterocycles. The molecule has 0 atom stereocenters. The van der Waals surface area contributed by atoms with Gasteiger partial charge in [0.25, 0.3) is 0 Å². The Hall–Kier alpha value is -3.01. The monoisotopic (exact) mass is 479 g/mol. The molecule has 10 heteroatoms. The van der Waals surface area contributed by atoms with E-state index < -0.39 is 17.6 Å². The SMILES string of the molecule is CC1CCOCC1.CCN(c1ccc(C(F)(F)F)cc1)c1ncnc(C)c1N=C(C)CC(N)=O. The Balaban J connectivity index is 0.000000497. The maximum atomic E-state index is 12.8. The highest BCUT2D eigenvalue weighted by atomic mass is 19.4. The Labute approximate surface area is 198 Å². The van der Waals surface area contributed by atoms with E-state index in [4.69, 9.17) is 10.5 Å². The minimum Gasteiger partial charge on any atom is -0.381 e. The molecule has 1 aromatic heterocycles. The van der Waals surface area contributed by atoms with E-state index in [0.717, 1.165) is 31.3 Å². The van der Waals surface area contributed by atoms with Crippen LogP contribution in [-0.2, 0) is 15.7 Å². The summed E-state index contributed by atoms with van der Waals surface area (Å²) in [5.41, 5.74) is 6.52. The van der Waals surface area contributed by atoms with Gasteiger partial charge in [-0.05, 0) is 63.8 Å². The highest BCUT2D eigenvalue weighted by Crippen LogP contribution is 2.36. The van der Waals surface area contributed by atoms with Crippen LogP contribution in [0.5, 0.6) is 0 Å². The second-order valence-corrected chi connectivity index (χ2v) is 8.21. The van der Waals surface area contributed by atoms with E-state index in [0.29, 0.717) is 35.1 Å². The van der Waals surface area contributed by atoms with Crippen molar-refractivity contribution < 1.29 is 22.7 Å². The fourth-order valence-corrected chi connectivity index (χ4v) is 3.37. The van der Waals surface area contributed by atoms with E-state index in [9.17, 15) is 18.0 Å². The number of anilines is 2. The average molecular weight is 480 g/mol. The van der Waals surface area contributed by atoms with Gasteiger partial charge < -0.3 is 15.4 Å². The smallest absolute Gasteiger partial charge is 0.381 e. The third-order valence-electron chi connectivity index (χ3n) is 5.31. The van der Waals surface area contributed by atoms with Gasteiger partial charge >= 0.3 is 6.18 Å². The highest BCUT2D eigenvalue weighted by molar-refractivity contribution is 6.00. The van der Waals surface area contributed by atoms with Gasteiger partial charge in [-0.1, -0.05) is 6.92 Å². The molecular weight excluding hydrogens is 447 g/mol. The number of nitrogens with two attached hydrogens (primary N) is 1. The summed E-state index contributed by atoms with van der Waals surface area (Å²) in [4.78, 5) is 25.6. The first-order chi connectivity index (χ1) is 16.0. The van der Waals surface area contributed by atoms with Gasteiger partial charge in [0, 0.05) is 31.2 Å². The molecule has 34 heavy (non-hydrogen) atoms. The molecule has 0 saturated carbocycles. The molecule has 0 unspecified atom stereocenters. The molecular formula is C24H32F3N5O2. The number of hydrogen-bond acceptors (Lipinski definition) is 6. The van der Waals surface area contributed by atoms with Gasteiger partial charge in [-0.3, -0.25) is 9.79 Å². The summed E-state index contributed by atoms with van der Waals surface area (Å²) in [5, 5.41) is 0. The fraction of sp³-hybridized carbons (Fsp3) is 0.500.